The Hall–Kier alpha value is -2.04. The number of hydrogen-bond donors (Lipinski definition) is 1. The zero-order valence-electron chi connectivity index (χ0n) is 12.8. The molecule has 114 valence electrons. The Morgan fingerprint density at radius 2 is 2.10 bits per heavy atom. The molecule has 0 aliphatic carbocycles. The molecule has 5 nitrogen and oxygen atoms in total. The summed E-state index contributed by atoms with van der Waals surface area (Å²) in [6.45, 7) is 4.50. The molecule has 0 unspecified atom stereocenters. The van der Waals surface area contributed by atoms with E-state index in [1.807, 2.05) is 42.8 Å². The molecule has 1 aliphatic heterocycles. The minimum atomic E-state index is -0.795. The molecular formula is C16H22N2O3. The van der Waals surface area contributed by atoms with Gasteiger partial charge in [0.15, 0.2) is 0 Å². The second-order valence-corrected chi connectivity index (χ2v) is 5.74. The highest BCUT2D eigenvalue weighted by Gasteiger charge is 2.26. The second-order valence-electron chi connectivity index (χ2n) is 5.74. The first kappa shape index (κ1) is 15.4. The van der Waals surface area contributed by atoms with Crippen molar-refractivity contribution in [3.8, 4) is 0 Å². The van der Waals surface area contributed by atoms with Crippen molar-refractivity contribution in [1.29, 1.82) is 0 Å². The molecule has 1 amide bonds. The van der Waals surface area contributed by atoms with Crippen LogP contribution in [0.3, 0.4) is 0 Å². The third-order valence-electron chi connectivity index (χ3n) is 3.82. The van der Waals surface area contributed by atoms with E-state index in [0.29, 0.717) is 13.0 Å². The van der Waals surface area contributed by atoms with Crippen LogP contribution in [0, 0.1) is 0 Å². The fourth-order valence-corrected chi connectivity index (χ4v) is 2.70. The summed E-state index contributed by atoms with van der Waals surface area (Å²) in [5.74, 6) is -0.624. The van der Waals surface area contributed by atoms with E-state index in [1.165, 1.54) is 0 Å². The van der Waals surface area contributed by atoms with Crippen LogP contribution in [0.25, 0.3) is 0 Å². The predicted octanol–water partition coefficient (Wildman–Crippen LogP) is 2.29. The van der Waals surface area contributed by atoms with Gasteiger partial charge in [-0.25, -0.2) is 0 Å². The van der Waals surface area contributed by atoms with Gasteiger partial charge in [0.25, 0.3) is 0 Å². The number of aliphatic carboxylic acids is 1. The van der Waals surface area contributed by atoms with E-state index in [1.54, 1.807) is 0 Å². The molecule has 1 aromatic rings. The normalized spacial score (nSPS) is 14.3. The van der Waals surface area contributed by atoms with Gasteiger partial charge < -0.3 is 14.9 Å². The second kappa shape index (κ2) is 6.16. The monoisotopic (exact) mass is 290 g/mol. The number of amides is 1. The van der Waals surface area contributed by atoms with Gasteiger partial charge in [-0.05, 0) is 44.0 Å². The van der Waals surface area contributed by atoms with Gasteiger partial charge in [-0.3, -0.25) is 9.59 Å². The number of benzene rings is 1. The number of fused-ring (bicyclic) bond motifs is 1. The molecule has 5 heteroatoms. The summed E-state index contributed by atoms with van der Waals surface area (Å²) in [6.07, 6.45) is 1.40. The van der Waals surface area contributed by atoms with Gasteiger partial charge in [0.1, 0.15) is 0 Å². The number of carbonyl (C=O) groups excluding carboxylic acids is 1. The van der Waals surface area contributed by atoms with Crippen LogP contribution >= 0.6 is 0 Å². The van der Waals surface area contributed by atoms with Crippen molar-refractivity contribution in [1.82, 2.24) is 0 Å². The van der Waals surface area contributed by atoms with Gasteiger partial charge in [-0.2, -0.15) is 0 Å². The number of anilines is 2. The summed E-state index contributed by atoms with van der Waals surface area (Å²) < 4.78 is 0. The standard InChI is InChI=1S/C16H22N2O3/c1-11(2)18-14-6-5-13(17(3)9-8-16(20)21)10-12(14)4-7-15(18)19/h5-6,10-11H,4,7-9H2,1-3H3,(H,20,21). The molecule has 1 N–H and O–H groups in total. The minimum Gasteiger partial charge on any atom is -0.481 e. The van der Waals surface area contributed by atoms with Crippen molar-refractivity contribution in [3.63, 3.8) is 0 Å². The van der Waals surface area contributed by atoms with Crippen LogP contribution < -0.4 is 9.80 Å². The van der Waals surface area contributed by atoms with Crippen molar-refractivity contribution >= 4 is 23.3 Å². The van der Waals surface area contributed by atoms with Crippen LogP contribution in [0.2, 0.25) is 0 Å². The van der Waals surface area contributed by atoms with Crippen molar-refractivity contribution < 1.29 is 14.7 Å². The lowest BCUT2D eigenvalue weighted by atomic mass is 9.99. The summed E-state index contributed by atoms with van der Waals surface area (Å²) >= 11 is 0. The van der Waals surface area contributed by atoms with Gasteiger partial charge in [0.05, 0.1) is 6.42 Å². The Morgan fingerprint density at radius 3 is 2.71 bits per heavy atom. The molecule has 1 aliphatic rings. The summed E-state index contributed by atoms with van der Waals surface area (Å²) in [5.41, 5.74) is 3.13. The van der Waals surface area contributed by atoms with Crippen LogP contribution in [-0.4, -0.2) is 36.6 Å². The van der Waals surface area contributed by atoms with Crippen LogP contribution in [-0.2, 0) is 16.0 Å². The number of nitrogens with zero attached hydrogens (tertiary/aromatic N) is 2. The average molecular weight is 290 g/mol. The predicted molar refractivity (Wildman–Crippen MR) is 82.9 cm³/mol. The highest BCUT2D eigenvalue weighted by atomic mass is 16.4. The van der Waals surface area contributed by atoms with E-state index in [0.717, 1.165) is 23.4 Å². The maximum absolute atomic E-state index is 12.0. The third kappa shape index (κ3) is 3.35. The molecule has 0 spiro atoms. The highest BCUT2D eigenvalue weighted by Crippen LogP contribution is 2.32. The van der Waals surface area contributed by atoms with E-state index in [-0.39, 0.29) is 18.4 Å². The molecule has 1 aromatic carbocycles. The number of rotatable bonds is 5. The van der Waals surface area contributed by atoms with E-state index >= 15 is 0 Å². The van der Waals surface area contributed by atoms with Gasteiger partial charge in [0.2, 0.25) is 5.91 Å². The molecule has 0 bridgehead atoms. The first-order chi connectivity index (χ1) is 9.90. The van der Waals surface area contributed by atoms with Crippen LogP contribution in [0.5, 0.6) is 0 Å². The number of aryl methyl sites for hydroxylation is 1. The van der Waals surface area contributed by atoms with Crippen molar-refractivity contribution in [3.05, 3.63) is 23.8 Å². The van der Waals surface area contributed by atoms with Crippen molar-refractivity contribution in [2.24, 2.45) is 0 Å². The quantitative estimate of drug-likeness (QED) is 0.904. The van der Waals surface area contributed by atoms with Crippen LogP contribution in [0.4, 0.5) is 11.4 Å². The topological polar surface area (TPSA) is 60.9 Å². The molecule has 2 rings (SSSR count). The minimum absolute atomic E-state index is 0.115. The molecule has 21 heavy (non-hydrogen) atoms. The molecule has 0 fully saturated rings. The SMILES string of the molecule is CC(C)N1C(=O)CCc2cc(N(C)CCC(=O)O)ccc21. The molecule has 0 aromatic heterocycles. The number of carboxylic acids is 1. The van der Waals surface area contributed by atoms with Crippen LogP contribution in [0.15, 0.2) is 18.2 Å². The van der Waals surface area contributed by atoms with E-state index in [4.69, 9.17) is 5.11 Å². The van der Waals surface area contributed by atoms with Crippen molar-refractivity contribution in [2.45, 2.75) is 39.2 Å². The Kier molecular flexibility index (Phi) is 4.50. The lowest BCUT2D eigenvalue weighted by molar-refractivity contribution is -0.136. The number of carboxylic acid groups (broad SMARTS) is 1. The Morgan fingerprint density at radius 1 is 1.38 bits per heavy atom. The van der Waals surface area contributed by atoms with E-state index < -0.39 is 5.97 Å². The molecule has 0 saturated carbocycles. The summed E-state index contributed by atoms with van der Waals surface area (Å²) in [5, 5.41) is 8.76. The average Bonchev–Trinajstić information content (AvgIpc) is 2.43. The first-order valence-corrected chi connectivity index (χ1v) is 7.28. The zero-order valence-corrected chi connectivity index (χ0v) is 12.8. The van der Waals surface area contributed by atoms with Crippen LogP contribution in [0.1, 0.15) is 32.3 Å². The zero-order chi connectivity index (χ0) is 15.6. The first-order valence-electron chi connectivity index (χ1n) is 7.28. The highest BCUT2D eigenvalue weighted by molar-refractivity contribution is 5.97. The fourth-order valence-electron chi connectivity index (χ4n) is 2.70. The van der Waals surface area contributed by atoms with Crippen molar-refractivity contribution in [2.75, 3.05) is 23.4 Å². The lowest BCUT2D eigenvalue weighted by Crippen LogP contribution is -2.40. The Labute approximate surface area is 125 Å². The van der Waals surface area contributed by atoms with E-state index in [2.05, 4.69) is 6.07 Å². The third-order valence-corrected chi connectivity index (χ3v) is 3.82. The maximum atomic E-state index is 12.0. The van der Waals surface area contributed by atoms with E-state index in [9.17, 15) is 9.59 Å². The molecule has 0 saturated heterocycles. The largest absolute Gasteiger partial charge is 0.481 e. The summed E-state index contributed by atoms with van der Waals surface area (Å²) in [4.78, 5) is 26.5. The maximum Gasteiger partial charge on any atom is 0.305 e. The molecule has 1 heterocycles. The smallest absolute Gasteiger partial charge is 0.305 e. The summed E-state index contributed by atoms with van der Waals surface area (Å²) in [6, 6.07) is 6.14. The summed E-state index contributed by atoms with van der Waals surface area (Å²) in [7, 11) is 1.89. The molecule has 0 atom stereocenters. The molecule has 0 radical (unpaired) electrons. The van der Waals surface area contributed by atoms with Gasteiger partial charge >= 0.3 is 5.97 Å². The number of hydrogen-bond acceptors (Lipinski definition) is 3. The van der Waals surface area contributed by atoms with Gasteiger partial charge in [0, 0.05) is 37.4 Å². The molecular weight excluding hydrogens is 268 g/mol. The fraction of sp³-hybridized carbons (Fsp3) is 0.500. The lowest BCUT2D eigenvalue weighted by Gasteiger charge is -2.33. The Balaban J connectivity index is 2.23. The van der Waals surface area contributed by atoms with Gasteiger partial charge in [-0.15, -0.1) is 0 Å². The number of carbonyl (C=O) groups is 2. The van der Waals surface area contributed by atoms with Gasteiger partial charge in [-0.1, -0.05) is 0 Å². The Bertz CT molecular complexity index is 554.